The lowest BCUT2D eigenvalue weighted by Crippen LogP contribution is -1.87. The lowest BCUT2D eigenvalue weighted by Gasteiger charge is -2.06. The molecule has 6 nitrogen and oxygen atoms in total. The first-order valence-electron chi connectivity index (χ1n) is 8.92. The fraction of sp³-hybridized carbons (Fsp3) is 0. The van der Waals surface area contributed by atoms with Crippen molar-refractivity contribution in [2.24, 2.45) is 10.2 Å². The number of aromatic amines is 1. The number of nitrogens with one attached hydrogen (secondary N) is 1. The molecule has 5 rings (SSSR count). The smallest absolute Gasteiger partial charge is 0.218 e. The number of azo groups is 1. The predicted octanol–water partition coefficient (Wildman–Crippen LogP) is 6.66. The molecule has 3 aromatic heterocycles. The van der Waals surface area contributed by atoms with Crippen LogP contribution in [0.15, 0.2) is 87.6 Å². The molecule has 0 radical (unpaired) electrons. The second-order valence-corrected chi connectivity index (χ2v) is 7.40. The van der Waals surface area contributed by atoms with Gasteiger partial charge >= 0.3 is 0 Å². The number of hydrogen-bond donors (Lipinski definition) is 2. The van der Waals surface area contributed by atoms with Gasteiger partial charge in [-0.25, -0.2) is 9.97 Å². The topological polar surface area (TPSA) is 86.5 Å². The van der Waals surface area contributed by atoms with Crippen LogP contribution in [0.1, 0.15) is 0 Å². The van der Waals surface area contributed by atoms with Crippen LogP contribution in [-0.2, 0) is 0 Å². The van der Waals surface area contributed by atoms with Gasteiger partial charge in [0, 0.05) is 27.0 Å². The van der Waals surface area contributed by atoms with Gasteiger partial charge in [-0.1, -0.05) is 46.3 Å². The number of halogens is 1. The lowest BCUT2D eigenvalue weighted by atomic mass is 10.1. The van der Waals surface area contributed by atoms with Crippen molar-refractivity contribution < 1.29 is 5.11 Å². The standard InChI is InChI=1S/C22H14BrN5O/c23-15-8-9-18-17(12-15)19(22(29)25-18)27-28-21-16(13-5-2-1-3-6-13)11-14-7-4-10-24-20(14)26-21/h1-12,25,29H. The zero-order valence-electron chi connectivity index (χ0n) is 15.0. The molecule has 2 N–H and O–H groups in total. The first kappa shape index (κ1) is 17.5. The largest absolute Gasteiger partial charge is 0.493 e. The van der Waals surface area contributed by atoms with Gasteiger partial charge in [0.2, 0.25) is 5.88 Å². The Morgan fingerprint density at radius 1 is 0.931 bits per heavy atom. The number of hydrogen-bond acceptors (Lipinski definition) is 5. The Bertz CT molecular complexity index is 1380. The molecule has 0 aliphatic carbocycles. The van der Waals surface area contributed by atoms with Crippen molar-refractivity contribution in [1.82, 2.24) is 15.0 Å². The summed E-state index contributed by atoms with van der Waals surface area (Å²) in [5, 5.41) is 20.7. The van der Waals surface area contributed by atoms with Crippen molar-refractivity contribution in [2.75, 3.05) is 0 Å². The van der Waals surface area contributed by atoms with Crippen LogP contribution < -0.4 is 0 Å². The Morgan fingerprint density at radius 2 is 1.79 bits per heavy atom. The van der Waals surface area contributed by atoms with Crippen LogP contribution in [-0.4, -0.2) is 20.1 Å². The molecule has 7 heteroatoms. The summed E-state index contributed by atoms with van der Waals surface area (Å²) in [6.07, 6.45) is 1.70. The zero-order valence-corrected chi connectivity index (χ0v) is 16.6. The van der Waals surface area contributed by atoms with Crippen LogP contribution >= 0.6 is 15.9 Å². The van der Waals surface area contributed by atoms with Crippen molar-refractivity contribution >= 4 is 49.4 Å². The summed E-state index contributed by atoms with van der Waals surface area (Å²) in [4.78, 5) is 11.8. The first-order valence-corrected chi connectivity index (χ1v) is 9.71. The summed E-state index contributed by atoms with van der Waals surface area (Å²) in [5.41, 5.74) is 3.55. The number of fused-ring (bicyclic) bond motifs is 2. The van der Waals surface area contributed by atoms with E-state index in [0.717, 1.165) is 31.9 Å². The predicted molar refractivity (Wildman–Crippen MR) is 117 cm³/mol. The summed E-state index contributed by atoms with van der Waals surface area (Å²) in [6.45, 7) is 0. The van der Waals surface area contributed by atoms with Gasteiger partial charge in [0.05, 0.1) is 5.52 Å². The van der Waals surface area contributed by atoms with Gasteiger partial charge in [-0.2, -0.15) is 0 Å². The minimum atomic E-state index is -0.0398. The monoisotopic (exact) mass is 443 g/mol. The average molecular weight is 444 g/mol. The van der Waals surface area contributed by atoms with Gasteiger partial charge in [-0.15, -0.1) is 10.2 Å². The average Bonchev–Trinajstić information content (AvgIpc) is 3.06. The molecule has 5 aromatic rings. The third kappa shape index (κ3) is 3.25. The van der Waals surface area contributed by atoms with Crippen LogP contribution in [0.4, 0.5) is 11.5 Å². The molecule has 0 fully saturated rings. The van der Waals surface area contributed by atoms with E-state index in [9.17, 15) is 5.11 Å². The first-order chi connectivity index (χ1) is 14.2. The van der Waals surface area contributed by atoms with Gasteiger partial charge in [-0.05, 0) is 42.0 Å². The van der Waals surface area contributed by atoms with Crippen molar-refractivity contribution in [1.29, 1.82) is 0 Å². The highest BCUT2D eigenvalue weighted by Gasteiger charge is 2.13. The SMILES string of the molecule is Oc1[nH]c2ccc(Br)cc2c1N=Nc1nc2ncccc2cc1-c1ccccc1. The van der Waals surface area contributed by atoms with E-state index in [4.69, 9.17) is 0 Å². The number of rotatable bonds is 3. The molecule has 0 amide bonds. The normalized spacial score (nSPS) is 11.6. The van der Waals surface area contributed by atoms with Crippen LogP contribution in [0, 0.1) is 0 Å². The van der Waals surface area contributed by atoms with Crippen molar-refractivity contribution in [3.05, 3.63) is 77.4 Å². The summed E-state index contributed by atoms with van der Waals surface area (Å²) >= 11 is 3.45. The molecule has 3 heterocycles. The minimum absolute atomic E-state index is 0.0398. The summed E-state index contributed by atoms with van der Waals surface area (Å²) in [5.74, 6) is 0.396. The van der Waals surface area contributed by atoms with E-state index >= 15 is 0 Å². The molecule has 140 valence electrons. The third-order valence-electron chi connectivity index (χ3n) is 4.61. The van der Waals surface area contributed by atoms with E-state index in [1.807, 2.05) is 66.7 Å². The second kappa shape index (κ2) is 7.10. The molecule has 0 unspecified atom stereocenters. The molecule has 0 atom stereocenters. The zero-order chi connectivity index (χ0) is 19.8. The highest BCUT2D eigenvalue weighted by molar-refractivity contribution is 9.10. The molecule has 0 saturated carbocycles. The molecule has 29 heavy (non-hydrogen) atoms. The Morgan fingerprint density at radius 3 is 2.66 bits per heavy atom. The molecule has 2 aromatic carbocycles. The van der Waals surface area contributed by atoms with Gasteiger partial charge in [0.25, 0.3) is 0 Å². The van der Waals surface area contributed by atoms with Crippen molar-refractivity contribution in [3.8, 4) is 17.0 Å². The van der Waals surface area contributed by atoms with Gasteiger partial charge in [0.15, 0.2) is 17.2 Å². The minimum Gasteiger partial charge on any atom is -0.493 e. The summed E-state index contributed by atoms with van der Waals surface area (Å²) in [7, 11) is 0. The van der Waals surface area contributed by atoms with E-state index in [1.54, 1.807) is 6.20 Å². The van der Waals surface area contributed by atoms with Crippen LogP contribution in [0.2, 0.25) is 0 Å². The fourth-order valence-corrected chi connectivity index (χ4v) is 3.60. The number of benzene rings is 2. The van der Waals surface area contributed by atoms with Crippen molar-refractivity contribution in [2.45, 2.75) is 0 Å². The van der Waals surface area contributed by atoms with Gasteiger partial charge in [-0.3, -0.25) is 0 Å². The Labute approximate surface area is 174 Å². The van der Waals surface area contributed by atoms with E-state index in [0.29, 0.717) is 17.2 Å². The Balaban J connectivity index is 1.69. The van der Waals surface area contributed by atoms with Crippen LogP contribution in [0.3, 0.4) is 0 Å². The molecule has 0 aliphatic rings. The molecule has 0 saturated heterocycles. The van der Waals surface area contributed by atoms with E-state index in [1.165, 1.54) is 0 Å². The van der Waals surface area contributed by atoms with Gasteiger partial charge < -0.3 is 10.1 Å². The molecule has 0 spiro atoms. The van der Waals surface area contributed by atoms with Gasteiger partial charge in [0.1, 0.15) is 0 Å². The number of aromatic nitrogens is 3. The quantitative estimate of drug-likeness (QED) is 0.305. The number of pyridine rings is 2. The second-order valence-electron chi connectivity index (χ2n) is 6.49. The lowest BCUT2D eigenvalue weighted by molar-refractivity contribution is 0.459. The summed E-state index contributed by atoms with van der Waals surface area (Å²) in [6, 6.07) is 21.4. The van der Waals surface area contributed by atoms with Crippen molar-refractivity contribution in [3.63, 3.8) is 0 Å². The molecule has 0 aliphatic heterocycles. The molecular weight excluding hydrogens is 430 g/mol. The summed E-state index contributed by atoms with van der Waals surface area (Å²) < 4.78 is 0.887. The highest BCUT2D eigenvalue weighted by Crippen LogP contribution is 2.39. The third-order valence-corrected chi connectivity index (χ3v) is 5.11. The van der Waals surface area contributed by atoms with E-state index in [-0.39, 0.29) is 5.88 Å². The Kier molecular flexibility index (Phi) is 4.29. The molecular formula is C22H14BrN5O. The number of H-pyrrole nitrogens is 1. The number of nitrogens with zero attached hydrogens (tertiary/aromatic N) is 4. The Hall–Kier alpha value is -3.58. The van der Waals surface area contributed by atoms with Crippen LogP contribution in [0.25, 0.3) is 33.1 Å². The van der Waals surface area contributed by atoms with Crippen LogP contribution in [0.5, 0.6) is 5.88 Å². The highest BCUT2D eigenvalue weighted by atomic mass is 79.9. The maximum Gasteiger partial charge on any atom is 0.218 e. The number of aromatic hydroxyl groups is 1. The maximum atomic E-state index is 10.3. The van der Waals surface area contributed by atoms with E-state index in [2.05, 4.69) is 41.1 Å². The van der Waals surface area contributed by atoms with E-state index < -0.39 is 0 Å². The maximum absolute atomic E-state index is 10.3. The molecule has 0 bridgehead atoms. The fourth-order valence-electron chi connectivity index (χ4n) is 3.24.